The van der Waals surface area contributed by atoms with Crippen LogP contribution in [-0.4, -0.2) is 60.8 Å². The zero-order valence-corrected chi connectivity index (χ0v) is 13.1. The highest BCUT2D eigenvalue weighted by Crippen LogP contribution is 2.24. The average Bonchev–Trinajstić information content (AvgIpc) is 3.02. The van der Waals surface area contributed by atoms with E-state index in [2.05, 4.69) is 4.90 Å². The van der Waals surface area contributed by atoms with Crippen LogP contribution in [-0.2, 0) is 9.53 Å². The molecule has 1 unspecified atom stereocenters. The lowest BCUT2D eigenvalue weighted by atomic mass is 10.1. The van der Waals surface area contributed by atoms with Crippen molar-refractivity contribution in [3.8, 4) is 0 Å². The lowest BCUT2D eigenvalue weighted by molar-refractivity contribution is -0.137. The Hall–Kier alpha value is -2.08. The molecule has 1 N–H and O–H groups in total. The van der Waals surface area contributed by atoms with Crippen LogP contribution < -0.4 is 4.90 Å². The summed E-state index contributed by atoms with van der Waals surface area (Å²) in [6, 6.07) is 7.41. The summed E-state index contributed by atoms with van der Waals surface area (Å²) in [6.07, 6.45) is 1.66. The third-order valence-corrected chi connectivity index (χ3v) is 4.54. The number of aliphatic carboxylic acids is 1. The molecule has 0 aromatic heterocycles. The number of benzene rings is 1. The highest BCUT2D eigenvalue weighted by molar-refractivity contribution is 5.95. The summed E-state index contributed by atoms with van der Waals surface area (Å²) in [5, 5.41) is 8.97. The van der Waals surface area contributed by atoms with E-state index >= 15 is 0 Å². The quantitative estimate of drug-likeness (QED) is 0.913. The summed E-state index contributed by atoms with van der Waals surface area (Å²) in [6.45, 7) is 3.82. The molecular weight excluding hydrogens is 296 g/mol. The van der Waals surface area contributed by atoms with Gasteiger partial charge in [0.15, 0.2) is 0 Å². The smallest absolute Gasteiger partial charge is 0.305 e. The third kappa shape index (κ3) is 3.64. The molecule has 2 heterocycles. The van der Waals surface area contributed by atoms with Crippen LogP contribution in [0.4, 0.5) is 5.69 Å². The highest BCUT2D eigenvalue weighted by Gasteiger charge is 2.30. The van der Waals surface area contributed by atoms with Crippen molar-refractivity contribution >= 4 is 17.6 Å². The van der Waals surface area contributed by atoms with E-state index in [1.54, 1.807) is 4.90 Å². The number of nitrogens with zero attached hydrogens (tertiary/aromatic N) is 2. The van der Waals surface area contributed by atoms with Gasteiger partial charge in [0.05, 0.1) is 19.6 Å². The molecule has 6 heteroatoms. The van der Waals surface area contributed by atoms with E-state index in [-0.39, 0.29) is 18.4 Å². The van der Waals surface area contributed by atoms with Crippen LogP contribution in [0.25, 0.3) is 0 Å². The topological polar surface area (TPSA) is 70.1 Å². The van der Waals surface area contributed by atoms with Gasteiger partial charge in [-0.15, -0.1) is 0 Å². The van der Waals surface area contributed by atoms with Gasteiger partial charge in [0.1, 0.15) is 0 Å². The monoisotopic (exact) mass is 318 g/mol. The van der Waals surface area contributed by atoms with Gasteiger partial charge in [-0.2, -0.15) is 0 Å². The highest BCUT2D eigenvalue weighted by atomic mass is 16.5. The average molecular weight is 318 g/mol. The van der Waals surface area contributed by atoms with Crippen molar-refractivity contribution in [2.24, 2.45) is 0 Å². The fourth-order valence-electron chi connectivity index (χ4n) is 3.32. The Kier molecular flexibility index (Phi) is 4.81. The number of carboxylic acids is 1. The fraction of sp³-hybridized carbons (Fsp3) is 0.529. The minimum atomic E-state index is -0.850. The molecule has 2 saturated heterocycles. The van der Waals surface area contributed by atoms with Crippen LogP contribution in [0, 0.1) is 0 Å². The number of rotatable bonds is 4. The van der Waals surface area contributed by atoms with Crippen LogP contribution in [0.3, 0.4) is 0 Å². The minimum Gasteiger partial charge on any atom is -0.481 e. The summed E-state index contributed by atoms with van der Waals surface area (Å²) >= 11 is 0. The molecule has 23 heavy (non-hydrogen) atoms. The van der Waals surface area contributed by atoms with E-state index in [9.17, 15) is 9.59 Å². The second-order valence-corrected chi connectivity index (χ2v) is 6.04. The van der Waals surface area contributed by atoms with Crippen LogP contribution in [0.15, 0.2) is 24.3 Å². The van der Waals surface area contributed by atoms with Crippen LogP contribution in [0.5, 0.6) is 0 Å². The maximum absolute atomic E-state index is 12.6. The van der Waals surface area contributed by atoms with Crippen molar-refractivity contribution in [3.63, 3.8) is 0 Å². The van der Waals surface area contributed by atoms with E-state index in [1.165, 1.54) is 0 Å². The molecule has 1 amide bonds. The van der Waals surface area contributed by atoms with Crippen molar-refractivity contribution in [1.82, 2.24) is 4.90 Å². The third-order valence-electron chi connectivity index (χ3n) is 4.54. The van der Waals surface area contributed by atoms with Gasteiger partial charge in [-0.25, -0.2) is 0 Å². The number of hydrogen-bond donors (Lipinski definition) is 1. The molecule has 0 aliphatic carbocycles. The fourth-order valence-corrected chi connectivity index (χ4v) is 3.32. The summed E-state index contributed by atoms with van der Waals surface area (Å²) in [5.41, 5.74) is 1.72. The molecular formula is C17H22N2O4. The number of carboxylic acid groups (broad SMARTS) is 1. The van der Waals surface area contributed by atoms with Crippen LogP contribution in [0.1, 0.15) is 29.6 Å². The van der Waals surface area contributed by atoms with Gasteiger partial charge < -0.3 is 19.6 Å². The Morgan fingerprint density at radius 2 is 1.83 bits per heavy atom. The van der Waals surface area contributed by atoms with E-state index in [1.807, 2.05) is 24.3 Å². The molecule has 0 bridgehead atoms. The Balaban J connectivity index is 1.68. The maximum Gasteiger partial charge on any atom is 0.305 e. The number of amides is 1. The number of morpholine rings is 1. The molecule has 0 saturated carbocycles. The zero-order valence-electron chi connectivity index (χ0n) is 13.1. The first-order valence-electron chi connectivity index (χ1n) is 8.10. The summed E-state index contributed by atoms with van der Waals surface area (Å²) in [4.78, 5) is 27.5. The van der Waals surface area contributed by atoms with Crippen molar-refractivity contribution in [1.29, 1.82) is 0 Å². The first-order valence-corrected chi connectivity index (χ1v) is 8.10. The Labute approximate surface area is 135 Å². The summed E-state index contributed by atoms with van der Waals surface area (Å²) in [5.74, 6) is -0.917. The molecule has 2 aliphatic rings. The Morgan fingerprint density at radius 3 is 2.48 bits per heavy atom. The molecule has 6 nitrogen and oxygen atoms in total. The largest absolute Gasteiger partial charge is 0.481 e. The molecule has 124 valence electrons. The summed E-state index contributed by atoms with van der Waals surface area (Å²) < 4.78 is 5.34. The van der Waals surface area contributed by atoms with Gasteiger partial charge in [0.2, 0.25) is 0 Å². The number of anilines is 1. The molecule has 2 fully saturated rings. The van der Waals surface area contributed by atoms with Crippen molar-refractivity contribution in [2.75, 3.05) is 37.7 Å². The maximum atomic E-state index is 12.6. The van der Waals surface area contributed by atoms with Crippen LogP contribution in [0.2, 0.25) is 0 Å². The SMILES string of the molecule is O=C(O)CC1CCCN1C(=O)c1ccc(N2CCOCC2)cc1. The number of carbonyl (C=O) groups excluding carboxylic acids is 1. The molecule has 0 spiro atoms. The molecule has 3 rings (SSSR count). The van der Waals surface area contributed by atoms with E-state index in [0.29, 0.717) is 12.1 Å². The number of carbonyl (C=O) groups is 2. The van der Waals surface area contributed by atoms with Gasteiger partial charge in [0, 0.05) is 36.9 Å². The van der Waals surface area contributed by atoms with Crippen LogP contribution >= 0.6 is 0 Å². The predicted molar refractivity (Wildman–Crippen MR) is 85.8 cm³/mol. The Bertz CT molecular complexity index is 566. The normalized spacial score (nSPS) is 21.5. The van der Waals surface area contributed by atoms with Crippen molar-refractivity contribution < 1.29 is 19.4 Å². The van der Waals surface area contributed by atoms with Gasteiger partial charge in [-0.05, 0) is 37.1 Å². The lowest BCUT2D eigenvalue weighted by Crippen LogP contribution is -2.37. The van der Waals surface area contributed by atoms with Crippen molar-refractivity contribution in [3.05, 3.63) is 29.8 Å². The second kappa shape index (κ2) is 7.00. The van der Waals surface area contributed by atoms with Gasteiger partial charge in [0.25, 0.3) is 5.91 Å². The standard InChI is InChI=1S/C17H22N2O4/c20-16(21)12-15-2-1-7-19(15)17(22)13-3-5-14(6-4-13)18-8-10-23-11-9-18/h3-6,15H,1-2,7-12H2,(H,20,21). The molecule has 1 atom stereocenters. The predicted octanol–water partition coefficient (Wildman–Crippen LogP) is 1.60. The van der Waals surface area contributed by atoms with E-state index in [0.717, 1.165) is 44.8 Å². The van der Waals surface area contributed by atoms with Gasteiger partial charge >= 0.3 is 5.97 Å². The molecule has 1 aromatic carbocycles. The molecule has 0 radical (unpaired) electrons. The number of likely N-dealkylation sites (tertiary alicyclic amines) is 1. The first-order chi connectivity index (χ1) is 11.1. The van der Waals surface area contributed by atoms with Gasteiger partial charge in [-0.1, -0.05) is 0 Å². The van der Waals surface area contributed by atoms with Gasteiger partial charge in [-0.3, -0.25) is 9.59 Å². The number of ether oxygens (including phenoxy) is 1. The Morgan fingerprint density at radius 1 is 1.13 bits per heavy atom. The van der Waals surface area contributed by atoms with E-state index in [4.69, 9.17) is 9.84 Å². The van der Waals surface area contributed by atoms with Crippen molar-refractivity contribution in [2.45, 2.75) is 25.3 Å². The number of hydrogen-bond acceptors (Lipinski definition) is 4. The summed E-state index contributed by atoms with van der Waals surface area (Å²) in [7, 11) is 0. The molecule has 2 aliphatic heterocycles. The minimum absolute atomic E-state index is 0.0254. The second-order valence-electron chi connectivity index (χ2n) is 6.04. The van der Waals surface area contributed by atoms with E-state index < -0.39 is 5.97 Å². The molecule has 1 aromatic rings. The first kappa shape index (κ1) is 15.8. The zero-order chi connectivity index (χ0) is 16.2. The lowest BCUT2D eigenvalue weighted by Gasteiger charge is -2.29.